The highest BCUT2D eigenvalue weighted by Gasteiger charge is 2.37. The van der Waals surface area contributed by atoms with Gasteiger partial charge in [-0.3, -0.25) is 4.79 Å². The molecule has 23 heavy (non-hydrogen) atoms. The molecule has 2 aliphatic rings. The maximum absolute atomic E-state index is 12.6. The van der Waals surface area contributed by atoms with Crippen molar-refractivity contribution in [2.24, 2.45) is 5.92 Å². The Morgan fingerprint density at radius 2 is 2.26 bits per heavy atom. The Morgan fingerprint density at radius 3 is 3.13 bits per heavy atom. The molecule has 0 aromatic carbocycles. The molecular formula is C18H24N4O. The van der Waals surface area contributed by atoms with Gasteiger partial charge >= 0.3 is 0 Å². The number of rotatable bonds is 4. The molecule has 4 heterocycles. The van der Waals surface area contributed by atoms with Gasteiger partial charge in [0.1, 0.15) is 5.82 Å². The van der Waals surface area contributed by atoms with Crippen molar-refractivity contribution in [1.82, 2.24) is 19.6 Å². The lowest BCUT2D eigenvalue weighted by atomic mass is 9.98. The standard InChI is InChI=1S/C18H24N4O/c1-2-16-20-17(15-6-3-4-10-22(15)16)18(23)19-12-13-8-11-21-9-5-7-14(13)21/h3-4,6,10,13-14H,2,5,7-9,11-12H2,1H3,(H,19,23)/t13-,14-/m0/s1. The van der Waals surface area contributed by atoms with Gasteiger partial charge in [0.25, 0.3) is 5.91 Å². The summed E-state index contributed by atoms with van der Waals surface area (Å²) in [4.78, 5) is 19.8. The molecule has 1 amide bonds. The number of nitrogens with one attached hydrogen (secondary N) is 1. The summed E-state index contributed by atoms with van der Waals surface area (Å²) in [6.45, 7) is 5.27. The van der Waals surface area contributed by atoms with Crippen LogP contribution in [0, 0.1) is 5.92 Å². The molecule has 2 aliphatic heterocycles. The van der Waals surface area contributed by atoms with Gasteiger partial charge in [-0.2, -0.15) is 0 Å². The van der Waals surface area contributed by atoms with E-state index in [1.807, 2.05) is 28.8 Å². The Bertz CT molecular complexity index is 723. The van der Waals surface area contributed by atoms with Gasteiger partial charge in [-0.05, 0) is 50.4 Å². The van der Waals surface area contributed by atoms with Crippen molar-refractivity contribution in [2.45, 2.75) is 38.6 Å². The second-order valence-corrected chi connectivity index (χ2v) is 6.69. The average Bonchev–Trinajstić information content (AvgIpc) is 3.27. The molecule has 122 valence electrons. The van der Waals surface area contributed by atoms with Crippen LogP contribution in [0.25, 0.3) is 5.52 Å². The van der Waals surface area contributed by atoms with Crippen LogP contribution in [-0.4, -0.2) is 45.9 Å². The fourth-order valence-corrected chi connectivity index (χ4v) is 4.25. The number of pyridine rings is 1. The lowest BCUT2D eigenvalue weighted by Crippen LogP contribution is -2.35. The molecule has 5 heteroatoms. The SMILES string of the molecule is CCc1nc(C(=O)NC[C@@H]2CCN3CCC[C@@H]23)c2ccccn12. The highest BCUT2D eigenvalue weighted by atomic mass is 16.1. The molecule has 0 spiro atoms. The molecule has 1 N–H and O–H groups in total. The van der Waals surface area contributed by atoms with Crippen LogP contribution < -0.4 is 5.32 Å². The number of amides is 1. The van der Waals surface area contributed by atoms with Crippen LogP contribution in [0.15, 0.2) is 24.4 Å². The number of fused-ring (bicyclic) bond motifs is 2. The topological polar surface area (TPSA) is 49.6 Å². The van der Waals surface area contributed by atoms with Crippen LogP contribution in [0.2, 0.25) is 0 Å². The van der Waals surface area contributed by atoms with Gasteiger partial charge in [-0.25, -0.2) is 4.98 Å². The molecule has 0 bridgehead atoms. The van der Waals surface area contributed by atoms with Crippen molar-refractivity contribution in [1.29, 1.82) is 0 Å². The first-order valence-corrected chi connectivity index (χ1v) is 8.76. The lowest BCUT2D eigenvalue weighted by Gasteiger charge is -2.20. The van der Waals surface area contributed by atoms with Gasteiger partial charge in [-0.1, -0.05) is 13.0 Å². The van der Waals surface area contributed by atoms with Crippen molar-refractivity contribution >= 4 is 11.4 Å². The number of hydrogen-bond donors (Lipinski definition) is 1. The number of carbonyl (C=O) groups excluding carboxylic acids is 1. The van der Waals surface area contributed by atoms with Gasteiger partial charge in [-0.15, -0.1) is 0 Å². The second-order valence-electron chi connectivity index (χ2n) is 6.69. The van der Waals surface area contributed by atoms with Crippen LogP contribution in [-0.2, 0) is 6.42 Å². The Kier molecular flexibility index (Phi) is 3.81. The number of nitrogens with zero attached hydrogens (tertiary/aromatic N) is 3. The van der Waals surface area contributed by atoms with E-state index < -0.39 is 0 Å². The van der Waals surface area contributed by atoms with Gasteiger partial charge in [0, 0.05) is 25.2 Å². The summed E-state index contributed by atoms with van der Waals surface area (Å²) >= 11 is 0. The summed E-state index contributed by atoms with van der Waals surface area (Å²) in [5, 5.41) is 3.14. The third-order valence-corrected chi connectivity index (χ3v) is 5.42. The molecule has 2 fully saturated rings. The molecule has 2 saturated heterocycles. The van der Waals surface area contributed by atoms with Crippen LogP contribution in [0.3, 0.4) is 0 Å². The van der Waals surface area contributed by atoms with E-state index in [1.165, 1.54) is 32.4 Å². The first-order chi connectivity index (χ1) is 11.3. The molecule has 0 unspecified atom stereocenters. The number of hydrogen-bond acceptors (Lipinski definition) is 3. The first-order valence-electron chi connectivity index (χ1n) is 8.76. The minimum Gasteiger partial charge on any atom is -0.350 e. The third-order valence-electron chi connectivity index (χ3n) is 5.42. The second kappa shape index (κ2) is 5.96. The molecular weight excluding hydrogens is 288 g/mol. The Hall–Kier alpha value is -1.88. The summed E-state index contributed by atoms with van der Waals surface area (Å²) in [6.07, 6.45) is 6.59. The van der Waals surface area contributed by atoms with Gasteiger partial charge < -0.3 is 14.6 Å². The first kappa shape index (κ1) is 14.7. The van der Waals surface area contributed by atoms with E-state index in [0.717, 1.165) is 24.3 Å². The van der Waals surface area contributed by atoms with Crippen LogP contribution >= 0.6 is 0 Å². The molecule has 2 aromatic rings. The zero-order chi connectivity index (χ0) is 15.8. The molecule has 0 aliphatic carbocycles. The van der Waals surface area contributed by atoms with Crippen molar-refractivity contribution in [3.8, 4) is 0 Å². The average molecular weight is 312 g/mol. The molecule has 0 saturated carbocycles. The lowest BCUT2D eigenvalue weighted by molar-refractivity contribution is 0.0941. The normalized spacial score (nSPS) is 24.2. The Balaban J connectivity index is 1.49. The number of aromatic nitrogens is 2. The van der Waals surface area contributed by atoms with E-state index in [1.54, 1.807) is 0 Å². The predicted octanol–water partition coefficient (Wildman–Crippen LogP) is 2.11. The number of aryl methyl sites for hydroxylation is 1. The summed E-state index contributed by atoms with van der Waals surface area (Å²) in [6, 6.07) is 6.58. The quantitative estimate of drug-likeness (QED) is 0.941. The molecule has 2 aromatic heterocycles. The predicted molar refractivity (Wildman–Crippen MR) is 89.6 cm³/mol. The monoisotopic (exact) mass is 312 g/mol. The van der Waals surface area contributed by atoms with Crippen LogP contribution in [0.5, 0.6) is 0 Å². The molecule has 0 radical (unpaired) electrons. The summed E-state index contributed by atoms with van der Waals surface area (Å²) in [7, 11) is 0. The molecule has 2 atom stereocenters. The zero-order valence-corrected chi connectivity index (χ0v) is 13.7. The number of imidazole rings is 1. The van der Waals surface area contributed by atoms with Gasteiger partial charge in [0.05, 0.1) is 5.52 Å². The Morgan fingerprint density at radius 1 is 1.35 bits per heavy atom. The van der Waals surface area contributed by atoms with Crippen molar-refractivity contribution < 1.29 is 4.79 Å². The minimum absolute atomic E-state index is 0.0372. The zero-order valence-electron chi connectivity index (χ0n) is 13.7. The highest BCUT2D eigenvalue weighted by Crippen LogP contribution is 2.32. The van der Waals surface area contributed by atoms with E-state index in [9.17, 15) is 4.79 Å². The third kappa shape index (κ3) is 2.53. The smallest absolute Gasteiger partial charge is 0.272 e. The Labute approximate surface area is 136 Å². The fourth-order valence-electron chi connectivity index (χ4n) is 4.25. The van der Waals surface area contributed by atoms with E-state index in [2.05, 4.69) is 22.1 Å². The summed E-state index contributed by atoms with van der Waals surface area (Å²) in [5.41, 5.74) is 1.46. The minimum atomic E-state index is -0.0372. The molecule has 4 rings (SSSR count). The van der Waals surface area contributed by atoms with Crippen molar-refractivity contribution in [3.63, 3.8) is 0 Å². The highest BCUT2D eigenvalue weighted by molar-refractivity contribution is 5.99. The maximum atomic E-state index is 12.6. The van der Waals surface area contributed by atoms with Crippen LogP contribution in [0.4, 0.5) is 0 Å². The molecule has 5 nitrogen and oxygen atoms in total. The summed E-state index contributed by atoms with van der Waals surface area (Å²) < 4.78 is 2.02. The number of carbonyl (C=O) groups is 1. The summed E-state index contributed by atoms with van der Waals surface area (Å²) in [5.74, 6) is 1.50. The van der Waals surface area contributed by atoms with Crippen molar-refractivity contribution in [3.05, 3.63) is 35.9 Å². The van der Waals surface area contributed by atoms with Gasteiger partial charge in [0.2, 0.25) is 0 Å². The maximum Gasteiger partial charge on any atom is 0.272 e. The van der Waals surface area contributed by atoms with Crippen molar-refractivity contribution in [2.75, 3.05) is 19.6 Å². The largest absolute Gasteiger partial charge is 0.350 e. The van der Waals surface area contributed by atoms with E-state index in [4.69, 9.17) is 0 Å². The van der Waals surface area contributed by atoms with E-state index in [-0.39, 0.29) is 5.91 Å². The van der Waals surface area contributed by atoms with E-state index in [0.29, 0.717) is 17.7 Å². The van der Waals surface area contributed by atoms with Crippen LogP contribution in [0.1, 0.15) is 42.5 Å². The van der Waals surface area contributed by atoms with E-state index >= 15 is 0 Å². The fraction of sp³-hybridized carbons (Fsp3) is 0.556. The van der Waals surface area contributed by atoms with Gasteiger partial charge in [0.15, 0.2) is 5.69 Å².